The molecular weight excluding hydrogens is 240 g/mol. The van der Waals surface area contributed by atoms with E-state index in [4.69, 9.17) is 5.11 Å². The lowest BCUT2D eigenvalue weighted by molar-refractivity contribution is -0.149. The van der Waals surface area contributed by atoms with Crippen molar-refractivity contribution in [2.45, 2.75) is 37.7 Å². The summed E-state index contributed by atoms with van der Waals surface area (Å²) in [4.78, 5) is 30.0. The van der Waals surface area contributed by atoms with Gasteiger partial charge in [-0.15, -0.1) is 0 Å². The summed E-state index contributed by atoms with van der Waals surface area (Å²) in [6.07, 6.45) is -2.48. The summed E-state index contributed by atoms with van der Waals surface area (Å²) in [5.74, 6) is -3.00. The summed E-state index contributed by atoms with van der Waals surface area (Å²) < 4.78 is 28.0. The third-order valence-corrected chi connectivity index (χ3v) is 2.18. The largest absolute Gasteiger partial charge is 0.506 e. The number of carboxylic acid groups (broad SMARTS) is 1. The lowest BCUT2D eigenvalue weighted by Gasteiger charge is -2.32. The number of halogens is 2. The van der Waals surface area contributed by atoms with E-state index in [1.165, 1.54) is 0 Å². The predicted molar refractivity (Wildman–Crippen MR) is 49.5 cm³/mol. The van der Waals surface area contributed by atoms with Gasteiger partial charge < -0.3 is 9.84 Å². The molecule has 17 heavy (non-hydrogen) atoms. The van der Waals surface area contributed by atoms with E-state index in [1.807, 2.05) is 0 Å². The minimum Gasteiger partial charge on any atom is -0.450 e. The van der Waals surface area contributed by atoms with Gasteiger partial charge in [0, 0.05) is 25.7 Å². The number of nitrogens with one attached hydrogen (secondary N) is 1. The van der Waals surface area contributed by atoms with E-state index in [-0.39, 0.29) is 11.8 Å². The fourth-order valence-electron chi connectivity index (χ4n) is 1.34. The van der Waals surface area contributed by atoms with Gasteiger partial charge in [0.05, 0.1) is 0 Å². The third-order valence-electron chi connectivity index (χ3n) is 2.18. The molecule has 0 radical (unpaired) electrons. The Hall–Kier alpha value is -1.73. The van der Waals surface area contributed by atoms with Crippen LogP contribution in [0.2, 0.25) is 0 Å². The van der Waals surface area contributed by atoms with Crippen LogP contribution in [0.15, 0.2) is 0 Å². The van der Waals surface area contributed by atoms with Crippen molar-refractivity contribution in [3.8, 4) is 0 Å². The highest BCUT2D eigenvalue weighted by molar-refractivity contribution is 6.01. The van der Waals surface area contributed by atoms with Crippen LogP contribution >= 0.6 is 0 Å². The number of imide groups is 1. The molecule has 1 saturated carbocycles. The Morgan fingerprint density at radius 2 is 1.76 bits per heavy atom. The Bertz CT molecular complexity index is 322. The van der Waals surface area contributed by atoms with Crippen LogP contribution in [0.4, 0.5) is 13.6 Å². The maximum atomic E-state index is 12.0. The molecule has 1 aliphatic carbocycles. The Morgan fingerprint density at radius 3 is 2.00 bits per heavy atom. The molecule has 2 rings (SSSR count). The number of ether oxygens (including phenoxy) is 1. The summed E-state index contributed by atoms with van der Waals surface area (Å²) in [7, 11) is 0. The molecule has 8 heteroatoms. The maximum absolute atomic E-state index is 12.0. The Balaban J connectivity index is 0.000000181. The van der Waals surface area contributed by atoms with Crippen molar-refractivity contribution in [3.63, 3.8) is 0 Å². The van der Waals surface area contributed by atoms with Gasteiger partial charge in [-0.05, 0) is 0 Å². The Morgan fingerprint density at radius 1 is 1.29 bits per heavy atom. The van der Waals surface area contributed by atoms with Gasteiger partial charge in [-0.1, -0.05) is 0 Å². The molecule has 1 heterocycles. The zero-order valence-corrected chi connectivity index (χ0v) is 8.74. The first kappa shape index (κ1) is 13.3. The number of carbonyl (C=O) groups excluding carboxylic acids is 2. The molecule has 0 aromatic heterocycles. The van der Waals surface area contributed by atoms with E-state index >= 15 is 0 Å². The molecule has 0 bridgehead atoms. The molecule has 1 saturated heterocycles. The number of rotatable bonds is 1. The SMILES string of the molecule is O=C(O)OC1CC(F)(F)C1.O=C1CCC(=O)N1. The molecule has 0 aromatic carbocycles. The predicted octanol–water partition coefficient (Wildman–Crippen LogP) is 0.902. The number of hydrogen-bond donors (Lipinski definition) is 2. The third kappa shape index (κ3) is 4.75. The zero-order chi connectivity index (χ0) is 13.1. The highest BCUT2D eigenvalue weighted by Gasteiger charge is 2.47. The van der Waals surface area contributed by atoms with Gasteiger partial charge in [0.25, 0.3) is 5.92 Å². The van der Waals surface area contributed by atoms with E-state index in [2.05, 4.69) is 10.1 Å². The molecule has 2 amide bonds. The molecule has 2 fully saturated rings. The lowest BCUT2D eigenvalue weighted by Crippen LogP contribution is -2.42. The summed E-state index contributed by atoms with van der Waals surface area (Å²) in [6, 6.07) is 0. The fraction of sp³-hybridized carbons (Fsp3) is 0.667. The number of alkyl halides is 2. The first-order valence-corrected chi connectivity index (χ1v) is 4.88. The summed E-state index contributed by atoms with van der Waals surface area (Å²) >= 11 is 0. The van der Waals surface area contributed by atoms with E-state index in [1.54, 1.807) is 0 Å². The number of hydrogen-bond acceptors (Lipinski definition) is 4. The quantitative estimate of drug-likeness (QED) is 0.533. The number of amides is 2. The highest BCUT2D eigenvalue weighted by atomic mass is 19.3. The molecule has 96 valence electrons. The molecular formula is C9H11F2NO5. The smallest absolute Gasteiger partial charge is 0.450 e. The van der Waals surface area contributed by atoms with Crippen LogP contribution < -0.4 is 5.32 Å². The first-order valence-electron chi connectivity index (χ1n) is 4.88. The summed E-state index contributed by atoms with van der Waals surface area (Å²) in [6.45, 7) is 0. The molecule has 0 aromatic rings. The molecule has 2 aliphatic rings. The van der Waals surface area contributed by atoms with E-state index in [9.17, 15) is 23.2 Å². The normalized spacial score (nSPS) is 22.0. The van der Waals surface area contributed by atoms with Gasteiger partial charge in [-0.25, -0.2) is 13.6 Å². The second-order valence-electron chi connectivity index (χ2n) is 3.74. The van der Waals surface area contributed by atoms with E-state index in [0.29, 0.717) is 12.8 Å². The summed E-state index contributed by atoms with van der Waals surface area (Å²) in [5.41, 5.74) is 0. The zero-order valence-electron chi connectivity index (χ0n) is 8.74. The molecule has 1 aliphatic heterocycles. The van der Waals surface area contributed by atoms with Crippen LogP contribution in [0.25, 0.3) is 0 Å². The van der Waals surface area contributed by atoms with Crippen LogP contribution in [0, 0.1) is 0 Å². The van der Waals surface area contributed by atoms with Crippen LogP contribution in [0.3, 0.4) is 0 Å². The fourth-order valence-corrected chi connectivity index (χ4v) is 1.34. The molecule has 0 unspecified atom stereocenters. The van der Waals surface area contributed by atoms with Crippen molar-refractivity contribution in [2.24, 2.45) is 0 Å². The van der Waals surface area contributed by atoms with Crippen LogP contribution in [-0.4, -0.2) is 35.1 Å². The summed E-state index contributed by atoms with van der Waals surface area (Å²) in [5, 5.41) is 10.1. The van der Waals surface area contributed by atoms with Crippen molar-refractivity contribution in [2.75, 3.05) is 0 Å². The van der Waals surface area contributed by atoms with Gasteiger partial charge in [0.15, 0.2) is 0 Å². The standard InChI is InChI=1S/C5H6F2O3.C4H5NO2/c6-5(7)1-3(2-5)10-4(8)9;6-3-1-2-4(7)5-3/h3H,1-2H2,(H,8,9);1-2H2,(H,5,6,7). The van der Waals surface area contributed by atoms with Gasteiger partial charge >= 0.3 is 6.16 Å². The monoisotopic (exact) mass is 251 g/mol. The van der Waals surface area contributed by atoms with Gasteiger partial charge in [0.1, 0.15) is 6.10 Å². The van der Waals surface area contributed by atoms with E-state index < -0.39 is 31.0 Å². The first-order chi connectivity index (χ1) is 7.78. The molecule has 0 atom stereocenters. The molecule has 6 nitrogen and oxygen atoms in total. The lowest BCUT2D eigenvalue weighted by atomic mass is 9.91. The van der Waals surface area contributed by atoms with Gasteiger partial charge in [-0.3, -0.25) is 14.9 Å². The number of carbonyl (C=O) groups is 3. The second-order valence-corrected chi connectivity index (χ2v) is 3.74. The molecule has 2 N–H and O–H groups in total. The highest BCUT2D eigenvalue weighted by Crippen LogP contribution is 2.39. The average Bonchev–Trinajstić information content (AvgIpc) is 2.46. The second kappa shape index (κ2) is 5.07. The van der Waals surface area contributed by atoms with Gasteiger partial charge in [-0.2, -0.15) is 0 Å². The minimum absolute atomic E-state index is 0.148. The van der Waals surface area contributed by atoms with Crippen molar-refractivity contribution < 1.29 is 33.0 Å². The van der Waals surface area contributed by atoms with Crippen molar-refractivity contribution in [1.82, 2.24) is 5.32 Å². The van der Waals surface area contributed by atoms with Crippen LogP contribution in [-0.2, 0) is 14.3 Å². The van der Waals surface area contributed by atoms with Gasteiger partial charge in [0.2, 0.25) is 11.8 Å². The Kier molecular flexibility index (Phi) is 3.97. The van der Waals surface area contributed by atoms with E-state index in [0.717, 1.165) is 0 Å². The van der Waals surface area contributed by atoms with Crippen molar-refractivity contribution in [3.05, 3.63) is 0 Å². The van der Waals surface area contributed by atoms with Crippen molar-refractivity contribution in [1.29, 1.82) is 0 Å². The maximum Gasteiger partial charge on any atom is 0.506 e. The average molecular weight is 251 g/mol. The van der Waals surface area contributed by atoms with Crippen molar-refractivity contribution >= 4 is 18.0 Å². The topological polar surface area (TPSA) is 92.7 Å². The molecule has 0 spiro atoms. The van der Waals surface area contributed by atoms with Crippen LogP contribution in [0.1, 0.15) is 25.7 Å². The Labute approximate surface area is 94.9 Å². The van der Waals surface area contributed by atoms with Crippen LogP contribution in [0.5, 0.6) is 0 Å². The minimum atomic E-state index is -2.71.